The van der Waals surface area contributed by atoms with Crippen LogP contribution in [0.25, 0.3) is 0 Å². The summed E-state index contributed by atoms with van der Waals surface area (Å²) in [5.41, 5.74) is 0. The summed E-state index contributed by atoms with van der Waals surface area (Å²) in [6.07, 6.45) is 10.4. The molecule has 3 nitrogen and oxygen atoms in total. The van der Waals surface area contributed by atoms with Crippen molar-refractivity contribution in [1.29, 1.82) is 0 Å². The van der Waals surface area contributed by atoms with Crippen LogP contribution in [0.1, 0.15) is 53.9 Å². The number of carbonyl (C=O) groups is 1. The minimum Gasteiger partial charge on any atom is -0.463 e. The third kappa shape index (κ3) is 7.83. The van der Waals surface area contributed by atoms with Crippen molar-refractivity contribution in [2.24, 2.45) is 5.92 Å². The Morgan fingerprint density at radius 2 is 1.55 bits per heavy atom. The zero-order valence-electron chi connectivity index (χ0n) is 20.9. The molecule has 1 atom stereocenters. The Bertz CT molecular complexity index is 843. The molecule has 2 rings (SSSR count). The van der Waals surface area contributed by atoms with E-state index in [9.17, 15) is 4.79 Å². The standard InChI is InChI=1S/C29H40O3Si/c1-6-31-28(30)23-15-7-10-17-25(2)18-16-24-32-33(29(3,4)5,26-19-11-8-12-20-26)27-21-13-9-14-22-27/h7-15,19-23,25H,6,16-18,24H2,1-5H3/b10-7+,23-15+/t25-/m0/s1. The first kappa shape index (κ1) is 26.8. The van der Waals surface area contributed by atoms with E-state index < -0.39 is 8.32 Å². The Morgan fingerprint density at radius 3 is 2.06 bits per heavy atom. The van der Waals surface area contributed by atoms with Crippen LogP contribution in [0, 0.1) is 5.92 Å². The number of esters is 1. The van der Waals surface area contributed by atoms with E-state index in [4.69, 9.17) is 9.16 Å². The van der Waals surface area contributed by atoms with Gasteiger partial charge in [0.2, 0.25) is 0 Å². The molecule has 2 aromatic carbocycles. The molecular formula is C29H40O3Si. The van der Waals surface area contributed by atoms with Gasteiger partial charge in [0.15, 0.2) is 0 Å². The lowest BCUT2D eigenvalue weighted by Gasteiger charge is -2.43. The van der Waals surface area contributed by atoms with E-state index in [1.54, 1.807) is 13.0 Å². The first-order valence-corrected chi connectivity index (χ1v) is 14.0. The molecule has 0 fully saturated rings. The van der Waals surface area contributed by atoms with Gasteiger partial charge >= 0.3 is 5.97 Å². The Balaban J connectivity index is 2.01. The van der Waals surface area contributed by atoms with Crippen molar-refractivity contribution >= 4 is 24.7 Å². The fourth-order valence-electron chi connectivity index (χ4n) is 4.25. The van der Waals surface area contributed by atoms with E-state index in [0.29, 0.717) is 12.5 Å². The maximum atomic E-state index is 11.3. The normalized spacial score (nSPS) is 13.5. The lowest BCUT2D eigenvalue weighted by Crippen LogP contribution is -2.66. The van der Waals surface area contributed by atoms with Crippen molar-refractivity contribution in [3.8, 4) is 0 Å². The predicted octanol–water partition coefficient (Wildman–Crippen LogP) is 6.04. The summed E-state index contributed by atoms with van der Waals surface area (Å²) < 4.78 is 11.8. The van der Waals surface area contributed by atoms with E-state index in [1.165, 1.54) is 16.4 Å². The highest BCUT2D eigenvalue weighted by atomic mass is 28.4. The molecule has 2 aromatic rings. The lowest BCUT2D eigenvalue weighted by molar-refractivity contribution is -0.137. The molecule has 0 radical (unpaired) electrons. The topological polar surface area (TPSA) is 35.5 Å². The number of allylic oxidation sites excluding steroid dienone is 3. The highest BCUT2D eigenvalue weighted by Crippen LogP contribution is 2.36. The molecule has 0 N–H and O–H groups in total. The second-order valence-corrected chi connectivity index (χ2v) is 13.8. The van der Waals surface area contributed by atoms with Gasteiger partial charge in [-0.15, -0.1) is 0 Å². The molecule has 0 saturated heterocycles. The van der Waals surface area contributed by atoms with Gasteiger partial charge in [-0.3, -0.25) is 0 Å². The van der Waals surface area contributed by atoms with Crippen molar-refractivity contribution in [2.75, 3.05) is 13.2 Å². The van der Waals surface area contributed by atoms with Gasteiger partial charge in [-0.2, -0.15) is 0 Å². The van der Waals surface area contributed by atoms with Crippen LogP contribution in [-0.2, 0) is 14.0 Å². The Kier molecular flexibility index (Phi) is 10.8. The molecule has 0 aromatic heterocycles. The summed E-state index contributed by atoms with van der Waals surface area (Å²) >= 11 is 0. The van der Waals surface area contributed by atoms with Crippen LogP contribution in [0.15, 0.2) is 85.0 Å². The molecule has 0 aliphatic carbocycles. The van der Waals surface area contributed by atoms with Crippen LogP contribution in [0.3, 0.4) is 0 Å². The number of rotatable bonds is 12. The first-order chi connectivity index (χ1) is 15.8. The van der Waals surface area contributed by atoms with Gasteiger partial charge in [-0.05, 0) is 47.5 Å². The van der Waals surface area contributed by atoms with E-state index >= 15 is 0 Å². The van der Waals surface area contributed by atoms with Crippen LogP contribution in [0.2, 0.25) is 5.04 Å². The molecular weight excluding hydrogens is 424 g/mol. The van der Waals surface area contributed by atoms with Gasteiger partial charge in [-0.1, -0.05) is 107 Å². The second kappa shape index (κ2) is 13.3. The smallest absolute Gasteiger partial charge is 0.330 e. The summed E-state index contributed by atoms with van der Waals surface area (Å²) in [5, 5.41) is 2.66. The third-order valence-electron chi connectivity index (χ3n) is 5.88. The molecule has 178 valence electrons. The number of ether oxygens (including phenoxy) is 1. The van der Waals surface area contributed by atoms with Crippen molar-refractivity contribution in [2.45, 2.75) is 58.9 Å². The van der Waals surface area contributed by atoms with Gasteiger partial charge < -0.3 is 9.16 Å². The molecule has 33 heavy (non-hydrogen) atoms. The molecule has 0 aliphatic heterocycles. The summed E-state index contributed by atoms with van der Waals surface area (Å²) in [7, 11) is -2.44. The second-order valence-electron chi connectivity index (χ2n) is 9.53. The summed E-state index contributed by atoms with van der Waals surface area (Å²) in [5.74, 6) is 0.260. The monoisotopic (exact) mass is 464 g/mol. The summed E-state index contributed by atoms with van der Waals surface area (Å²) in [4.78, 5) is 11.3. The highest BCUT2D eigenvalue weighted by molar-refractivity contribution is 6.99. The van der Waals surface area contributed by atoms with Crippen molar-refractivity contribution < 1.29 is 14.0 Å². The van der Waals surface area contributed by atoms with E-state index in [1.807, 2.05) is 6.08 Å². The first-order valence-electron chi connectivity index (χ1n) is 12.1. The van der Waals surface area contributed by atoms with Crippen LogP contribution in [0.4, 0.5) is 0 Å². The zero-order valence-corrected chi connectivity index (χ0v) is 21.9. The minimum absolute atomic E-state index is 0.00925. The maximum absolute atomic E-state index is 11.3. The highest BCUT2D eigenvalue weighted by Gasteiger charge is 2.49. The van der Waals surface area contributed by atoms with Gasteiger partial charge in [0.1, 0.15) is 0 Å². The van der Waals surface area contributed by atoms with Gasteiger partial charge in [-0.25, -0.2) is 4.79 Å². The Labute approximate surface area is 201 Å². The zero-order chi connectivity index (χ0) is 24.2. The van der Waals surface area contributed by atoms with Crippen LogP contribution < -0.4 is 10.4 Å². The minimum atomic E-state index is -2.44. The van der Waals surface area contributed by atoms with Crippen molar-refractivity contribution in [1.82, 2.24) is 0 Å². The molecule has 0 heterocycles. The van der Waals surface area contributed by atoms with Crippen molar-refractivity contribution in [3.63, 3.8) is 0 Å². The number of hydrogen-bond donors (Lipinski definition) is 0. The SMILES string of the molecule is CCOC(=O)/C=C/C=C/C[C@H](C)CCCO[Si](c1ccccc1)(c1ccccc1)C(C)(C)C. The average Bonchev–Trinajstić information content (AvgIpc) is 2.79. The average molecular weight is 465 g/mol. The largest absolute Gasteiger partial charge is 0.463 e. The number of carbonyl (C=O) groups excluding carboxylic acids is 1. The van der Waals surface area contributed by atoms with Crippen LogP contribution in [0.5, 0.6) is 0 Å². The quantitative estimate of drug-likeness (QED) is 0.126. The lowest BCUT2D eigenvalue weighted by atomic mass is 10.0. The molecule has 0 unspecified atom stereocenters. The molecule has 0 saturated carbocycles. The van der Waals surface area contributed by atoms with Crippen LogP contribution >= 0.6 is 0 Å². The third-order valence-corrected chi connectivity index (χ3v) is 10.9. The van der Waals surface area contributed by atoms with E-state index in [2.05, 4.69) is 94.4 Å². The molecule has 0 aliphatic rings. The Morgan fingerprint density at radius 1 is 0.970 bits per heavy atom. The number of hydrogen-bond acceptors (Lipinski definition) is 3. The number of benzene rings is 2. The fraction of sp³-hybridized carbons (Fsp3) is 0.414. The summed E-state index contributed by atoms with van der Waals surface area (Å²) in [6, 6.07) is 21.6. The van der Waals surface area contributed by atoms with Gasteiger partial charge in [0.25, 0.3) is 8.32 Å². The molecule has 4 heteroatoms. The summed E-state index contributed by atoms with van der Waals surface area (Å²) in [6.45, 7) is 12.2. The van der Waals surface area contributed by atoms with Crippen LogP contribution in [-0.4, -0.2) is 27.5 Å². The Hall–Kier alpha value is -2.43. The maximum Gasteiger partial charge on any atom is 0.330 e. The van der Waals surface area contributed by atoms with E-state index in [0.717, 1.165) is 25.9 Å². The predicted molar refractivity (Wildman–Crippen MR) is 142 cm³/mol. The molecule has 0 spiro atoms. The van der Waals surface area contributed by atoms with Gasteiger partial charge in [0, 0.05) is 12.7 Å². The molecule has 0 amide bonds. The van der Waals surface area contributed by atoms with E-state index in [-0.39, 0.29) is 11.0 Å². The molecule has 0 bridgehead atoms. The van der Waals surface area contributed by atoms with Crippen molar-refractivity contribution in [3.05, 3.63) is 85.0 Å². The van der Waals surface area contributed by atoms with Gasteiger partial charge in [0.05, 0.1) is 6.61 Å². The fourth-order valence-corrected chi connectivity index (χ4v) is 8.86.